The van der Waals surface area contributed by atoms with Gasteiger partial charge in [-0.1, -0.05) is 0 Å². The van der Waals surface area contributed by atoms with Crippen LogP contribution in [0.4, 0.5) is 0 Å². The van der Waals surface area contributed by atoms with Gasteiger partial charge in [-0.25, -0.2) is 5.84 Å². The first-order chi connectivity index (χ1) is 9.51. The Balaban J connectivity index is 2.06. The fourth-order valence-electron chi connectivity index (χ4n) is 2.32. The number of likely N-dealkylation sites (N-methyl/N-ethyl adjacent to an activating group) is 1. The molecule has 0 saturated carbocycles. The van der Waals surface area contributed by atoms with E-state index in [0.717, 1.165) is 25.1 Å². The summed E-state index contributed by atoms with van der Waals surface area (Å²) in [6, 6.07) is 1.81. The highest BCUT2D eigenvalue weighted by atomic mass is 16.4. The predicted octanol–water partition coefficient (Wildman–Crippen LogP) is -0.144. The van der Waals surface area contributed by atoms with Crippen LogP contribution in [0.15, 0.2) is 10.5 Å². The van der Waals surface area contributed by atoms with Crippen molar-refractivity contribution in [3.8, 4) is 0 Å². The van der Waals surface area contributed by atoms with Crippen LogP contribution < -0.4 is 11.3 Å². The summed E-state index contributed by atoms with van der Waals surface area (Å²) < 4.78 is 5.51. The maximum absolute atomic E-state index is 11.8. The molecule has 1 aliphatic rings. The number of nitrogen functional groups attached to an aromatic ring is 1. The lowest BCUT2D eigenvalue weighted by Crippen LogP contribution is -2.34. The molecule has 110 valence electrons. The topological polar surface area (TPSA) is 91.8 Å². The number of nitrogens with two attached hydrogens (primary N) is 1. The number of nitrogens with zero attached hydrogens (tertiary/aromatic N) is 2. The molecule has 2 amide bonds. The number of carbonyl (C=O) groups excluding carboxylic acids is 2. The van der Waals surface area contributed by atoms with Crippen molar-refractivity contribution >= 4 is 11.8 Å². The van der Waals surface area contributed by atoms with Crippen LogP contribution in [-0.2, 0) is 11.3 Å². The van der Waals surface area contributed by atoms with E-state index in [4.69, 9.17) is 10.3 Å². The Morgan fingerprint density at radius 1 is 1.50 bits per heavy atom. The van der Waals surface area contributed by atoms with Gasteiger partial charge in [0, 0.05) is 25.7 Å². The molecule has 0 radical (unpaired) electrons. The summed E-state index contributed by atoms with van der Waals surface area (Å²) in [5.41, 5.74) is 2.79. The second-order valence-corrected chi connectivity index (χ2v) is 5.08. The molecule has 1 aromatic rings. The Bertz CT molecular complexity index is 512. The van der Waals surface area contributed by atoms with Gasteiger partial charge in [0.15, 0.2) is 5.76 Å². The van der Waals surface area contributed by atoms with Gasteiger partial charge in [-0.3, -0.25) is 19.9 Å². The van der Waals surface area contributed by atoms with E-state index in [2.05, 4.69) is 5.43 Å². The molecule has 0 spiro atoms. The van der Waals surface area contributed by atoms with E-state index < -0.39 is 5.91 Å². The first-order valence-corrected chi connectivity index (χ1v) is 6.58. The molecule has 1 saturated heterocycles. The van der Waals surface area contributed by atoms with Crippen LogP contribution in [0.1, 0.15) is 28.3 Å². The molecule has 2 heterocycles. The fraction of sp³-hybridized carbons (Fsp3) is 0.538. The molecule has 1 aliphatic heterocycles. The number of carbonyl (C=O) groups is 2. The van der Waals surface area contributed by atoms with Crippen molar-refractivity contribution in [3.05, 3.63) is 23.2 Å². The van der Waals surface area contributed by atoms with Gasteiger partial charge in [-0.15, -0.1) is 0 Å². The number of hydrogen-bond acceptors (Lipinski definition) is 5. The standard InChI is InChI=1S/C13H20N4O3/c1-9-6-10(20-12(9)13(19)15-14)7-17-5-3-4-16(2)11(18)8-17/h6H,3-5,7-8,14H2,1-2H3,(H,15,19). The summed E-state index contributed by atoms with van der Waals surface area (Å²) in [4.78, 5) is 27.1. The predicted molar refractivity (Wildman–Crippen MR) is 72.6 cm³/mol. The van der Waals surface area contributed by atoms with Gasteiger partial charge in [0.2, 0.25) is 5.91 Å². The number of nitrogens with one attached hydrogen (secondary N) is 1. The zero-order chi connectivity index (χ0) is 14.7. The van der Waals surface area contributed by atoms with Crippen molar-refractivity contribution in [1.29, 1.82) is 0 Å². The van der Waals surface area contributed by atoms with Crippen molar-refractivity contribution in [1.82, 2.24) is 15.2 Å². The van der Waals surface area contributed by atoms with Gasteiger partial charge in [-0.05, 0) is 19.4 Å². The van der Waals surface area contributed by atoms with Gasteiger partial charge in [0.25, 0.3) is 0 Å². The van der Waals surface area contributed by atoms with Gasteiger partial charge in [-0.2, -0.15) is 0 Å². The smallest absolute Gasteiger partial charge is 0.301 e. The molecule has 0 unspecified atom stereocenters. The highest BCUT2D eigenvalue weighted by molar-refractivity contribution is 5.92. The van der Waals surface area contributed by atoms with Gasteiger partial charge in [0.1, 0.15) is 5.76 Å². The van der Waals surface area contributed by atoms with Crippen molar-refractivity contribution in [3.63, 3.8) is 0 Å². The van der Waals surface area contributed by atoms with E-state index in [9.17, 15) is 9.59 Å². The summed E-state index contributed by atoms with van der Waals surface area (Å²) in [5.74, 6) is 5.65. The number of aryl methyl sites for hydroxylation is 1. The minimum absolute atomic E-state index is 0.103. The molecule has 0 bridgehead atoms. The molecule has 2 rings (SSSR count). The number of hydrazine groups is 1. The molecule has 3 N–H and O–H groups in total. The Hall–Kier alpha value is -1.86. The number of amides is 2. The van der Waals surface area contributed by atoms with E-state index in [0.29, 0.717) is 18.8 Å². The summed E-state index contributed by atoms with van der Waals surface area (Å²) in [6.45, 7) is 4.27. The van der Waals surface area contributed by atoms with E-state index in [1.54, 1.807) is 11.8 Å². The lowest BCUT2D eigenvalue weighted by atomic mass is 10.2. The minimum atomic E-state index is -0.444. The zero-order valence-corrected chi connectivity index (χ0v) is 11.8. The molecule has 0 aliphatic carbocycles. The van der Waals surface area contributed by atoms with Crippen molar-refractivity contribution in [2.45, 2.75) is 19.9 Å². The van der Waals surface area contributed by atoms with Crippen LogP contribution in [0.25, 0.3) is 0 Å². The Kier molecular flexibility index (Phi) is 4.41. The average Bonchev–Trinajstić information content (AvgIpc) is 2.69. The van der Waals surface area contributed by atoms with Crippen molar-refractivity contribution in [2.75, 3.05) is 26.7 Å². The maximum atomic E-state index is 11.8. The maximum Gasteiger partial charge on any atom is 0.301 e. The van der Waals surface area contributed by atoms with Crippen LogP contribution in [0.2, 0.25) is 0 Å². The first-order valence-electron chi connectivity index (χ1n) is 6.58. The molecular weight excluding hydrogens is 260 g/mol. The molecule has 0 aromatic carbocycles. The Morgan fingerprint density at radius 3 is 2.95 bits per heavy atom. The van der Waals surface area contributed by atoms with E-state index in [1.165, 1.54) is 0 Å². The largest absolute Gasteiger partial charge is 0.454 e. The third-order valence-corrected chi connectivity index (χ3v) is 3.44. The fourth-order valence-corrected chi connectivity index (χ4v) is 2.32. The molecule has 20 heavy (non-hydrogen) atoms. The second kappa shape index (κ2) is 6.06. The molecular formula is C13H20N4O3. The van der Waals surface area contributed by atoms with Crippen LogP contribution in [-0.4, -0.2) is 48.3 Å². The lowest BCUT2D eigenvalue weighted by molar-refractivity contribution is -0.130. The Labute approximate surface area is 117 Å². The van der Waals surface area contributed by atoms with Gasteiger partial charge in [0.05, 0.1) is 13.1 Å². The van der Waals surface area contributed by atoms with Crippen LogP contribution in [0.5, 0.6) is 0 Å². The zero-order valence-electron chi connectivity index (χ0n) is 11.8. The highest BCUT2D eigenvalue weighted by Gasteiger charge is 2.21. The van der Waals surface area contributed by atoms with Crippen LogP contribution >= 0.6 is 0 Å². The second-order valence-electron chi connectivity index (χ2n) is 5.08. The van der Waals surface area contributed by atoms with Gasteiger partial charge >= 0.3 is 5.91 Å². The first kappa shape index (κ1) is 14.5. The number of furan rings is 1. The van der Waals surface area contributed by atoms with Crippen molar-refractivity contribution in [2.24, 2.45) is 5.84 Å². The highest BCUT2D eigenvalue weighted by Crippen LogP contribution is 2.17. The van der Waals surface area contributed by atoms with E-state index >= 15 is 0 Å². The van der Waals surface area contributed by atoms with Gasteiger partial charge < -0.3 is 9.32 Å². The lowest BCUT2D eigenvalue weighted by Gasteiger charge is -2.17. The quantitative estimate of drug-likeness (QED) is 0.456. The molecule has 0 atom stereocenters. The molecule has 1 aromatic heterocycles. The Morgan fingerprint density at radius 2 is 2.25 bits per heavy atom. The minimum Gasteiger partial charge on any atom is -0.454 e. The van der Waals surface area contributed by atoms with Crippen LogP contribution in [0.3, 0.4) is 0 Å². The molecule has 1 fully saturated rings. The number of rotatable bonds is 3. The SMILES string of the molecule is Cc1cc(CN2CCCN(C)C(=O)C2)oc1C(=O)NN. The average molecular weight is 280 g/mol. The number of hydrogen-bond donors (Lipinski definition) is 2. The molecule has 7 heteroatoms. The summed E-state index contributed by atoms with van der Waals surface area (Å²) in [7, 11) is 1.81. The third kappa shape index (κ3) is 3.17. The van der Waals surface area contributed by atoms with E-state index in [1.807, 2.05) is 18.0 Å². The van der Waals surface area contributed by atoms with Crippen molar-refractivity contribution < 1.29 is 14.0 Å². The van der Waals surface area contributed by atoms with E-state index in [-0.39, 0.29) is 11.7 Å². The third-order valence-electron chi connectivity index (χ3n) is 3.44. The summed E-state index contributed by atoms with van der Waals surface area (Å²) in [5, 5.41) is 0. The summed E-state index contributed by atoms with van der Waals surface area (Å²) >= 11 is 0. The normalized spacial score (nSPS) is 17.1. The van der Waals surface area contributed by atoms with Crippen LogP contribution in [0, 0.1) is 6.92 Å². The summed E-state index contributed by atoms with van der Waals surface area (Å²) in [6.07, 6.45) is 0.929. The molecule has 7 nitrogen and oxygen atoms in total. The monoisotopic (exact) mass is 280 g/mol.